The third-order valence-corrected chi connectivity index (χ3v) is 3.48. The predicted molar refractivity (Wildman–Crippen MR) is 91.0 cm³/mol. The number of hydrogen-bond acceptors (Lipinski definition) is 6. The number of benzene rings is 1. The molecule has 2 rings (SSSR count). The van der Waals surface area contributed by atoms with Crippen molar-refractivity contribution in [3.8, 4) is 0 Å². The Morgan fingerprint density at radius 1 is 1.27 bits per heavy atom. The van der Waals surface area contributed by atoms with Crippen LogP contribution in [0, 0.1) is 6.92 Å². The van der Waals surface area contributed by atoms with Gasteiger partial charge in [-0.2, -0.15) is 10.1 Å². The molecule has 0 aliphatic rings. The molecule has 0 saturated carbocycles. The van der Waals surface area contributed by atoms with Gasteiger partial charge in [0.2, 0.25) is 5.95 Å². The van der Waals surface area contributed by atoms with E-state index in [1.165, 1.54) is 0 Å². The van der Waals surface area contributed by atoms with E-state index in [-0.39, 0.29) is 0 Å². The first-order valence-electron chi connectivity index (χ1n) is 7.16. The SMILES string of the molecule is Cc1ccc(Nc2nncc(NCCCN(C)C)n2)cc1Cl. The fourth-order valence-corrected chi connectivity index (χ4v) is 2.03. The second-order valence-electron chi connectivity index (χ2n) is 5.34. The number of aromatic nitrogens is 3. The summed E-state index contributed by atoms with van der Waals surface area (Å²) in [6.45, 7) is 3.83. The zero-order valence-corrected chi connectivity index (χ0v) is 13.9. The number of nitrogens with one attached hydrogen (secondary N) is 2. The van der Waals surface area contributed by atoms with Crippen LogP contribution in [0.25, 0.3) is 0 Å². The molecule has 1 aromatic carbocycles. The lowest BCUT2D eigenvalue weighted by atomic mass is 10.2. The van der Waals surface area contributed by atoms with E-state index < -0.39 is 0 Å². The molecule has 0 aliphatic heterocycles. The number of hydrogen-bond donors (Lipinski definition) is 2. The molecule has 0 radical (unpaired) electrons. The van der Waals surface area contributed by atoms with Crippen LogP contribution in [0.4, 0.5) is 17.5 Å². The summed E-state index contributed by atoms with van der Waals surface area (Å²) in [5, 5.41) is 15.0. The molecule has 0 fully saturated rings. The van der Waals surface area contributed by atoms with Crippen LogP contribution >= 0.6 is 11.6 Å². The van der Waals surface area contributed by atoms with Crippen LogP contribution in [0.2, 0.25) is 5.02 Å². The molecular formula is C15H21ClN6. The molecule has 22 heavy (non-hydrogen) atoms. The monoisotopic (exact) mass is 320 g/mol. The molecule has 1 heterocycles. The summed E-state index contributed by atoms with van der Waals surface area (Å²) in [5.74, 6) is 1.15. The van der Waals surface area contributed by atoms with Crippen molar-refractivity contribution in [1.82, 2.24) is 20.1 Å². The molecule has 0 spiro atoms. The maximum atomic E-state index is 6.11. The summed E-state index contributed by atoms with van der Waals surface area (Å²) < 4.78 is 0. The van der Waals surface area contributed by atoms with Crippen molar-refractivity contribution in [3.05, 3.63) is 35.0 Å². The summed E-state index contributed by atoms with van der Waals surface area (Å²) in [7, 11) is 4.11. The van der Waals surface area contributed by atoms with Gasteiger partial charge in [0, 0.05) is 17.3 Å². The number of anilines is 3. The molecule has 0 aliphatic carbocycles. The van der Waals surface area contributed by atoms with Gasteiger partial charge in [-0.15, -0.1) is 5.10 Å². The zero-order valence-electron chi connectivity index (χ0n) is 13.1. The van der Waals surface area contributed by atoms with Gasteiger partial charge < -0.3 is 15.5 Å². The molecule has 0 saturated heterocycles. The van der Waals surface area contributed by atoms with Crippen molar-refractivity contribution in [3.63, 3.8) is 0 Å². The van der Waals surface area contributed by atoms with Gasteiger partial charge in [0.05, 0.1) is 6.20 Å². The highest BCUT2D eigenvalue weighted by molar-refractivity contribution is 6.31. The highest BCUT2D eigenvalue weighted by atomic mass is 35.5. The minimum absolute atomic E-state index is 0.442. The Morgan fingerprint density at radius 3 is 2.82 bits per heavy atom. The normalized spacial score (nSPS) is 10.8. The van der Waals surface area contributed by atoms with Crippen LogP contribution < -0.4 is 10.6 Å². The minimum atomic E-state index is 0.442. The van der Waals surface area contributed by atoms with Crippen molar-refractivity contribution in [1.29, 1.82) is 0 Å². The Labute approximate surface area is 135 Å². The van der Waals surface area contributed by atoms with Gasteiger partial charge in [0.15, 0.2) is 5.82 Å². The summed E-state index contributed by atoms with van der Waals surface area (Å²) >= 11 is 6.11. The number of aryl methyl sites for hydroxylation is 1. The topological polar surface area (TPSA) is 66.0 Å². The zero-order chi connectivity index (χ0) is 15.9. The first kappa shape index (κ1) is 16.5. The quantitative estimate of drug-likeness (QED) is 0.765. The molecule has 0 unspecified atom stereocenters. The predicted octanol–water partition coefficient (Wildman–Crippen LogP) is 2.94. The van der Waals surface area contributed by atoms with Crippen molar-refractivity contribution in [2.45, 2.75) is 13.3 Å². The van der Waals surface area contributed by atoms with Crippen LogP contribution in [-0.4, -0.2) is 47.3 Å². The number of nitrogens with zero attached hydrogens (tertiary/aromatic N) is 4. The van der Waals surface area contributed by atoms with Gasteiger partial charge in [-0.25, -0.2) is 0 Å². The van der Waals surface area contributed by atoms with Gasteiger partial charge in [0.25, 0.3) is 0 Å². The molecule has 7 heteroatoms. The molecule has 118 valence electrons. The molecule has 0 bridgehead atoms. The Morgan fingerprint density at radius 2 is 2.09 bits per heavy atom. The van der Waals surface area contributed by atoms with Gasteiger partial charge in [-0.1, -0.05) is 17.7 Å². The molecule has 2 aromatic rings. The molecular weight excluding hydrogens is 300 g/mol. The van der Waals surface area contributed by atoms with E-state index >= 15 is 0 Å². The van der Waals surface area contributed by atoms with Crippen molar-refractivity contribution < 1.29 is 0 Å². The molecule has 6 nitrogen and oxygen atoms in total. The van der Waals surface area contributed by atoms with E-state index in [4.69, 9.17) is 11.6 Å². The second-order valence-corrected chi connectivity index (χ2v) is 5.74. The largest absolute Gasteiger partial charge is 0.369 e. The van der Waals surface area contributed by atoms with E-state index in [9.17, 15) is 0 Å². The van der Waals surface area contributed by atoms with E-state index in [1.807, 2.05) is 25.1 Å². The lowest BCUT2D eigenvalue weighted by Crippen LogP contribution is -2.17. The van der Waals surface area contributed by atoms with E-state index in [2.05, 4.69) is 44.8 Å². The summed E-state index contributed by atoms with van der Waals surface area (Å²) in [6, 6.07) is 5.72. The number of rotatable bonds is 7. The first-order chi connectivity index (χ1) is 10.5. The molecule has 2 N–H and O–H groups in total. The highest BCUT2D eigenvalue weighted by Crippen LogP contribution is 2.21. The maximum Gasteiger partial charge on any atom is 0.249 e. The first-order valence-corrected chi connectivity index (χ1v) is 7.54. The van der Waals surface area contributed by atoms with Crippen LogP contribution in [0.3, 0.4) is 0 Å². The summed E-state index contributed by atoms with van der Waals surface area (Å²) in [5.41, 5.74) is 1.87. The number of halogens is 1. The Hall–Kier alpha value is -1.92. The third-order valence-electron chi connectivity index (χ3n) is 3.08. The fraction of sp³-hybridized carbons (Fsp3) is 0.400. The molecule has 0 amide bonds. The third kappa shape index (κ3) is 5.13. The van der Waals surface area contributed by atoms with Crippen molar-refractivity contribution in [2.24, 2.45) is 0 Å². The minimum Gasteiger partial charge on any atom is -0.369 e. The van der Waals surface area contributed by atoms with Gasteiger partial charge in [-0.3, -0.25) is 0 Å². The van der Waals surface area contributed by atoms with E-state index in [1.54, 1.807) is 6.20 Å². The summed E-state index contributed by atoms with van der Waals surface area (Å²) in [4.78, 5) is 6.53. The van der Waals surface area contributed by atoms with E-state index in [0.717, 1.165) is 30.8 Å². The van der Waals surface area contributed by atoms with Gasteiger partial charge >= 0.3 is 0 Å². The highest BCUT2D eigenvalue weighted by Gasteiger charge is 2.03. The van der Waals surface area contributed by atoms with Gasteiger partial charge in [-0.05, 0) is 51.7 Å². The smallest absolute Gasteiger partial charge is 0.249 e. The summed E-state index contributed by atoms with van der Waals surface area (Å²) in [6.07, 6.45) is 2.65. The lowest BCUT2D eigenvalue weighted by molar-refractivity contribution is 0.405. The lowest BCUT2D eigenvalue weighted by Gasteiger charge is -2.10. The van der Waals surface area contributed by atoms with Crippen LogP contribution in [0.15, 0.2) is 24.4 Å². The van der Waals surface area contributed by atoms with E-state index in [0.29, 0.717) is 16.8 Å². The second kappa shape index (κ2) is 7.91. The maximum absolute atomic E-state index is 6.11. The standard InChI is InChI=1S/C15H21ClN6/c1-11-5-6-12(9-13(11)16)19-15-20-14(10-18-21-15)17-7-4-8-22(2)3/h5-6,9-10H,4,7-8H2,1-3H3,(H2,17,19,20,21). The molecule has 1 aromatic heterocycles. The average molecular weight is 321 g/mol. The fourth-order valence-electron chi connectivity index (χ4n) is 1.85. The van der Waals surface area contributed by atoms with Crippen molar-refractivity contribution in [2.75, 3.05) is 37.8 Å². The molecule has 0 atom stereocenters. The van der Waals surface area contributed by atoms with Crippen LogP contribution in [0.5, 0.6) is 0 Å². The Bertz CT molecular complexity index is 617. The average Bonchev–Trinajstić information content (AvgIpc) is 2.48. The van der Waals surface area contributed by atoms with Crippen molar-refractivity contribution >= 4 is 29.1 Å². The van der Waals surface area contributed by atoms with Crippen LogP contribution in [-0.2, 0) is 0 Å². The van der Waals surface area contributed by atoms with Gasteiger partial charge in [0.1, 0.15) is 0 Å². The Balaban J connectivity index is 1.94. The van der Waals surface area contributed by atoms with Crippen LogP contribution in [0.1, 0.15) is 12.0 Å². The Kier molecular flexibility index (Phi) is 5.91.